The van der Waals surface area contributed by atoms with Gasteiger partial charge in [-0.25, -0.2) is 9.97 Å². The summed E-state index contributed by atoms with van der Waals surface area (Å²) in [5, 5.41) is 15.2. The maximum Gasteiger partial charge on any atom is 0.329 e. The van der Waals surface area contributed by atoms with Gasteiger partial charge in [0.15, 0.2) is 5.16 Å². The normalized spacial score (nSPS) is 14.0. The highest BCUT2D eigenvalue weighted by Gasteiger charge is 2.21. The van der Waals surface area contributed by atoms with Crippen LogP contribution in [0.1, 0.15) is 12.8 Å². The zero-order valence-corrected chi connectivity index (χ0v) is 15.4. The summed E-state index contributed by atoms with van der Waals surface area (Å²) >= 11 is 1.56. The Labute approximate surface area is 159 Å². The van der Waals surface area contributed by atoms with E-state index in [9.17, 15) is 10.1 Å². The molecule has 0 bridgehead atoms. The van der Waals surface area contributed by atoms with Crippen molar-refractivity contribution >= 4 is 40.2 Å². The molecule has 9 nitrogen and oxygen atoms in total. The summed E-state index contributed by atoms with van der Waals surface area (Å²) < 4.78 is 0. The molecule has 0 radical (unpaired) electrons. The third kappa shape index (κ3) is 3.95. The van der Waals surface area contributed by atoms with Gasteiger partial charge in [0.05, 0.1) is 16.0 Å². The first-order valence-corrected chi connectivity index (χ1v) is 9.77. The number of nitrogens with one attached hydrogen (secondary N) is 2. The van der Waals surface area contributed by atoms with E-state index < -0.39 is 4.92 Å². The summed E-state index contributed by atoms with van der Waals surface area (Å²) in [6.07, 6.45) is 3.48. The standard InChI is InChI=1S/C17H19N7O2S/c25-24(26)14-11-19-16(23-8-3-4-9-23)22-15(14)18-7-10-27-17-20-12-5-1-2-6-13(12)21-17/h1-2,5-6,11H,3-4,7-10H2,(H,20,21)(H,18,19,22). The zero-order valence-electron chi connectivity index (χ0n) is 14.6. The van der Waals surface area contributed by atoms with Crippen molar-refractivity contribution in [2.24, 2.45) is 0 Å². The molecule has 4 rings (SSSR count). The molecule has 3 heterocycles. The van der Waals surface area contributed by atoms with Crippen molar-refractivity contribution in [2.75, 3.05) is 35.6 Å². The Morgan fingerprint density at radius 1 is 1.26 bits per heavy atom. The largest absolute Gasteiger partial charge is 0.363 e. The number of hydrogen-bond acceptors (Lipinski definition) is 8. The first-order chi connectivity index (χ1) is 13.2. The van der Waals surface area contributed by atoms with E-state index in [1.807, 2.05) is 24.3 Å². The quantitative estimate of drug-likeness (QED) is 0.276. The number of aromatic nitrogens is 4. The number of nitrogens with zero attached hydrogens (tertiary/aromatic N) is 5. The molecule has 0 aliphatic carbocycles. The first kappa shape index (κ1) is 17.5. The van der Waals surface area contributed by atoms with Crippen LogP contribution in [0.25, 0.3) is 11.0 Å². The number of thioether (sulfide) groups is 1. The molecular weight excluding hydrogens is 366 g/mol. The minimum Gasteiger partial charge on any atom is -0.363 e. The molecule has 1 saturated heterocycles. The van der Waals surface area contributed by atoms with Gasteiger partial charge in [0.1, 0.15) is 6.20 Å². The lowest BCUT2D eigenvalue weighted by Gasteiger charge is -2.15. The Balaban J connectivity index is 1.40. The first-order valence-electron chi connectivity index (χ1n) is 8.78. The highest BCUT2D eigenvalue weighted by molar-refractivity contribution is 7.99. The fraction of sp³-hybridized carbons (Fsp3) is 0.353. The van der Waals surface area contributed by atoms with Crippen molar-refractivity contribution in [3.63, 3.8) is 0 Å². The molecule has 1 aromatic carbocycles. The van der Waals surface area contributed by atoms with E-state index in [-0.39, 0.29) is 11.5 Å². The molecule has 0 saturated carbocycles. The Hall–Kier alpha value is -2.88. The maximum atomic E-state index is 11.3. The van der Waals surface area contributed by atoms with Gasteiger partial charge in [-0.3, -0.25) is 10.1 Å². The van der Waals surface area contributed by atoms with E-state index in [0.717, 1.165) is 42.1 Å². The minimum atomic E-state index is -0.456. The van der Waals surface area contributed by atoms with Crippen LogP contribution in [0.2, 0.25) is 0 Å². The fourth-order valence-electron chi connectivity index (χ4n) is 3.01. The van der Waals surface area contributed by atoms with Crippen molar-refractivity contribution < 1.29 is 4.92 Å². The second-order valence-electron chi connectivity index (χ2n) is 6.19. The number of para-hydroxylation sites is 2. The molecule has 0 unspecified atom stereocenters. The number of anilines is 2. The van der Waals surface area contributed by atoms with Gasteiger partial charge >= 0.3 is 5.69 Å². The molecule has 2 N–H and O–H groups in total. The average Bonchev–Trinajstić information content (AvgIpc) is 3.34. The Morgan fingerprint density at radius 3 is 2.85 bits per heavy atom. The summed E-state index contributed by atoms with van der Waals surface area (Å²) in [5.41, 5.74) is 1.82. The van der Waals surface area contributed by atoms with E-state index in [1.165, 1.54) is 6.20 Å². The zero-order chi connectivity index (χ0) is 18.6. The van der Waals surface area contributed by atoms with Crippen LogP contribution in [0.5, 0.6) is 0 Å². The van der Waals surface area contributed by atoms with Crippen LogP contribution in [0, 0.1) is 10.1 Å². The number of fused-ring (bicyclic) bond motifs is 1. The molecule has 1 fully saturated rings. The van der Waals surface area contributed by atoms with Crippen molar-refractivity contribution in [3.05, 3.63) is 40.6 Å². The molecule has 3 aromatic rings. The molecule has 0 atom stereocenters. The number of hydrogen-bond donors (Lipinski definition) is 2. The topological polar surface area (TPSA) is 113 Å². The fourth-order valence-corrected chi connectivity index (χ4v) is 3.76. The molecule has 1 aliphatic heterocycles. The predicted octanol–water partition coefficient (Wildman–Crippen LogP) is 3.07. The highest BCUT2D eigenvalue weighted by atomic mass is 32.2. The smallest absolute Gasteiger partial charge is 0.329 e. The number of aromatic amines is 1. The monoisotopic (exact) mass is 385 g/mol. The van der Waals surface area contributed by atoms with Gasteiger partial charge in [-0.15, -0.1) is 0 Å². The van der Waals surface area contributed by atoms with E-state index in [1.54, 1.807) is 11.8 Å². The highest BCUT2D eigenvalue weighted by Crippen LogP contribution is 2.25. The summed E-state index contributed by atoms with van der Waals surface area (Å²) in [5.74, 6) is 1.51. The third-order valence-corrected chi connectivity index (χ3v) is 5.22. The molecule has 10 heteroatoms. The van der Waals surface area contributed by atoms with Gasteiger partial charge in [0, 0.05) is 25.4 Å². The number of rotatable bonds is 7. The van der Waals surface area contributed by atoms with Crippen molar-refractivity contribution in [3.8, 4) is 0 Å². The van der Waals surface area contributed by atoms with Crippen LogP contribution in [0.15, 0.2) is 35.6 Å². The summed E-state index contributed by atoms with van der Waals surface area (Å²) in [6, 6.07) is 7.85. The van der Waals surface area contributed by atoms with Crippen LogP contribution in [-0.4, -0.2) is 50.2 Å². The van der Waals surface area contributed by atoms with Gasteiger partial charge in [0.25, 0.3) is 0 Å². The number of nitro groups is 1. The number of H-pyrrole nitrogens is 1. The Kier molecular flexibility index (Phi) is 5.05. The van der Waals surface area contributed by atoms with Crippen LogP contribution < -0.4 is 10.2 Å². The molecule has 27 heavy (non-hydrogen) atoms. The lowest BCUT2D eigenvalue weighted by molar-refractivity contribution is -0.384. The Bertz CT molecular complexity index is 922. The molecule has 0 amide bonds. The van der Waals surface area contributed by atoms with Crippen molar-refractivity contribution in [1.82, 2.24) is 19.9 Å². The molecule has 140 valence electrons. The SMILES string of the molecule is O=[N+]([O-])c1cnc(N2CCCC2)nc1NCCSc1nc2ccccc2[nH]1. The van der Waals surface area contributed by atoms with Gasteiger partial charge < -0.3 is 15.2 Å². The maximum absolute atomic E-state index is 11.3. The van der Waals surface area contributed by atoms with E-state index >= 15 is 0 Å². The lowest BCUT2D eigenvalue weighted by Crippen LogP contribution is -2.21. The number of imidazole rings is 1. The minimum absolute atomic E-state index is 0.105. The van der Waals surface area contributed by atoms with E-state index in [0.29, 0.717) is 18.2 Å². The number of benzene rings is 1. The molecule has 1 aliphatic rings. The van der Waals surface area contributed by atoms with E-state index in [4.69, 9.17) is 0 Å². The van der Waals surface area contributed by atoms with Crippen molar-refractivity contribution in [2.45, 2.75) is 18.0 Å². The summed E-state index contributed by atoms with van der Waals surface area (Å²) in [4.78, 5) is 29.2. The second kappa shape index (κ2) is 7.78. The van der Waals surface area contributed by atoms with Gasteiger partial charge in [-0.2, -0.15) is 4.98 Å². The third-order valence-electron chi connectivity index (χ3n) is 4.34. The lowest BCUT2D eigenvalue weighted by atomic mass is 10.3. The molecule has 2 aromatic heterocycles. The summed E-state index contributed by atoms with van der Waals surface area (Å²) in [6.45, 7) is 2.30. The second-order valence-corrected chi connectivity index (χ2v) is 7.27. The molecular formula is C17H19N7O2S. The van der Waals surface area contributed by atoms with Crippen LogP contribution in [-0.2, 0) is 0 Å². The van der Waals surface area contributed by atoms with Crippen LogP contribution >= 0.6 is 11.8 Å². The summed E-state index contributed by atoms with van der Waals surface area (Å²) in [7, 11) is 0. The van der Waals surface area contributed by atoms with Crippen molar-refractivity contribution in [1.29, 1.82) is 0 Å². The Morgan fingerprint density at radius 2 is 2.07 bits per heavy atom. The van der Waals surface area contributed by atoms with Crippen LogP contribution in [0.4, 0.5) is 17.5 Å². The van der Waals surface area contributed by atoms with Crippen LogP contribution in [0.3, 0.4) is 0 Å². The molecule has 0 spiro atoms. The van der Waals surface area contributed by atoms with Gasteiger partial charge in [0.2, 0.25) is 11.8 Å². The van der Waals surface area contributed by atoms with Gasteiger partial charge in [-0.05, 0) is 25.0 Å². The van der Waals surface area contributed by atoms with Gasteiger partial charge in [-0.1, -0.05) is 23.9 Å². The van der Waals surface area contributed by atoms with E-state index in [2.05, 4.69) is 30.2 Å². The predicted molar refractivity (Wildman–Crippen MR) is 105 cm³/mol. The average molecular weight is 385 g/mol.